The highest BCUT2D eigenvalue weighted by Gasteiger charge is 2.48. The molecule has 0 bridgehead atoms. The molecule has 0 N–H and O–H groups in total. The third kappa shape index (κ3) is 3.65. The lowest BCUT2D eigenvalue weighted by molar-refractivity contribution is -0.148. The van der Waals surface area contributed by atoms with E-state index in [0.29, 0.717) is 6.61 Å². The molecule has 0 unspecified atom stereocenters. The molecule has 1 spiro atoms. The van der Waals surface area contributed by atoms with Gasteiger partial charge in [0.25, 0.3) is 0 Å². The molecule has 6 heteroatoms. The Hall–Kier alpha value is -2.05. The Balaban J connectivity index is 1.32. The van der Waals surface area contributed by atoms with Gasteiger partial charge in [-0.25, -0.2) is 0 Å². The smallest absolute Gasteiger partial charge is 0.151 e. The monoisotopic (exact) mass is 340 g/mol. The van der Waals surface area contributed by atoms with Crippen molar-refractivity contribution >= 4 is 5.82 Å². The molecule has 4 rings (SSSR count). The van der Waals surface area contributed by atoms with E-state index < -0.39 is 0 Å². The van der Waals surface area contributed by atoms with Crippen molar-refractivity contribution in [2.45, 2.75) is 45.0 Å². The van der Waals surface area contributed by atoms with Crippen molar-refractivity contribution in [3.8, 4) is 0 Å². The van der Waals surface area contributed by atoms with Crippen molar-refractivity contribution in [3.63, 3.8) is 0 Å². The molecule has 25 heavy (non-hydrogen) atoms. The van der Waals surface area contributed by atoms with Crippen LogP contribution in [0.3, 0.4) is 0 Å². The van der Waals surface area contributed by atoms with E-state index >= 15 is 0 Å². The molecule has 0 radical (unpaired) electrons. The maximum absolute atomic E-state index is 6.15. The van der Waals surface area contributed by atoms with Crippen LogP contribution in [0, 0.1) is 13.8 Å². The van der Waals surface area contributed by atoms with E-state index in [1.807, 2.05) is 31.5 Å². The first-order valence-corrected chi connectivity index (χ1v) is 8.83. The summed E-state index contributed by atoms with van der Waals surface area (Å²) in [6, 6.07) is 6.15. The Morgan fingerprint density at radius 1 is 1.24 bits per heavy atom. The summed E-state index contributed by atoms with van der Waals surface area (Å²) in [5, 5.41) is 8.40. The van der Waals surface area contributed by atoms with Gasteiger partial charge in [0.1, 0.15) is 5.60 Å². The van der Waals surface area contributed by atoms with Gasteiger partial charge >= 0.3 is 0 Å². The van der Waals surface area contributed by atoms with Crippen molar-refractivity contribution in [2.75, 3.05) is 24.6 Å². The van der Waals surface area contributed by atoms with Crippen molar-refractivity contribution in [1.29, 1.82) is 0 Å². The summed E-state index contributed by atoms with van der Waals surface area (Å²) >= 11 is 0. The number of anilines is 1. The molecule has 0 amide bonds. The Bertz CT molecular complexity index is 728. The molecular formula is C19H24N4O2. The number of pyridine rings is 1. The average Bonchev–Trinajstić information content (AvgIpc) is 2.59. The van der Waals surface area contributed by atoms with Crippen LogP contribution in [0.1, 0.15) is 29.7 Å². The average molecular weight is 340 g/mol. The standard InChI is InChI=1S/C19H24N4O2/c1-14-7-16(10-20-9-14)11-24-17-5-6-25-19(8-17)12-23(13-19)18-4-3-15(2)21-22-18/h3-4,7,9-10,17H,5-6,8,11-13H2,1-2H3/t17-/m0/s1. The first-order chi connectivity index (χ1) is 12.1. The number of aryl methyl sites for hydroxylation is 2. The first kappa shape index (κ1) is 16.4. The van der Waals surface area contributed by atoms with Crippen LogP contribution in [0.15, 0.2) is 30.6 Å². The summed E-state index contributed by atoms with van der Waals surface area (Å²) in [5.41, 5.74) is 3.14. The second-order valence-corrected chi connectivity index (χ2v) is 7.22. The highest BCUT2D eigenvalue weighted by atomic mass is 16.5. The van der Waals surface area contributed by atoms with Crippen LogP contribution in [0.4, 0.5) is 5.82 Å². The third-order valence-corrected chi connectivity index (χ3v) is 4.93. The maximum atomic E-state index is 6.15. The fourth-order valence-electron chi connectivity index (χ4n) is 3.63. The minimum Gasteiger partial charge on any atom is -0.373 e. The quantitative estimate of drug-likeness (QED) is 0.852. The summed E-state index contributed by atoms with van der Waals surface area (Å²) in [4.78, 5) is 6.45. The fourth-order valence-corrected chi connectivity index (χ4v) is 3.63. The number of aromatic nitrogens is 3. The molecule has 4 heterocycles. The van der Waals surface area contributed by atoms with E-state index in [1.54, 1.807) is 0 Å². The van der Waals surface area contributed by atoms with E-state index in [2.05, 4.69) is 33.1 Å². The molecule has 6 nitrogen and oxygen atoms in total. The van der Waals surface area contributed by atoms with E-state index in [4.69, 9.17) is 9.47 Å². The predicted octanol–water partition coefficient (Wildman–Crippen LogP) is 2.44. The predicted molar refractivity (Wildman–Crippen MR) is 94.5 cm³/mol. The van der Waals surface area contributed by atoms with Gasteiger partial charge in [-0.05, 0) is 43.5 Å². The summed E-state index contributed by atoms with van der Waals surface area (Å²) in [6.07, 6.45) is 5.86. The lowest BCUT2D eigenvalue weighted by atomic mass is 9.84. The van der Waals surface area contributed by atoms with Crippen LogP contribution in [0.25, 0.3) is 0 Å². The molecule has 1 atom stereocenters. The van der Waals surface area contributed by atoms with Gasteiger partial charge in [-0.3, -0.25) is 4.98 Å². The Morgan fingerprint density at radius 3 is 2.88 bits per heavy atom. The lowest BCUT2D eigenvalue weighted by Crippen LogP contribution is -2.66. The van der Waals surface area contributed by atoms with Gasteiger partial charge in [0, 0.05) is 25.4 Å². The van der Waals surface area contributed by atoms with E-state index in [-0.39, 0.29) is 11.7 Å². The van der Waals surface area contributed by atoms with Gasteiger partial charge in [-0.1, -0.05) is 6.07 Å². The molecule has 0 saturated carbocycles. The summed E-state index contributed by atoms with van der Waals surface area (Å²) in [6.45, 7) is 7.08. The fraction of sp³-hybridized carbons (Fsp3) is 0.526. The lowest BCUT2D eigenvalue weighted by Gasteiger charge is -2.53. The van der Waals surface area contributed by atoms with Crippen molar-refractivity contribution < 1.29 is 9.47 Å². The van der Waals surface area contributed by atoms with Crippen molar-refractivity contribution in [3.05, 3.63) is 47.4 Å². The van der Waals surface area contributed by atoms with Crippen LogP contribution >= 0.6 is 0 Å². The molecular weight excluding hydrogens is 316 g/mol. The van der Waals surface area contributed by atoms with Crippen LogP contribution in [0.2, 0.25) is 0 Å². The Morgan fingerprint density at radius 2 is 2.12 bits per heavy atom. The second-order valence-electron chi connectivity index (χ2n) is 7.22. The molecule has 0 aromatic carbocycles. The highest BCUT2D eigenvalue weighted by Crippen LogP contribution is 2.37. The number of hydrogen-bond acceptors (Lipinski definition) is 6. The zero-order chi connectivity index (χ0) is 17.3. The summed E-state index contributed by atoms with van der Waals surface area (Å²) in [7, 11) is 0. The normalized spacial score (nSPS) is 22.0. The first-order valence-electron chi connectivity index (χ1n) is 8.83. The van der Waals surface area contributed by atoms with Gasteiger partial charge in [0.15, 0.2) is 5.82 Å². The van der Waals surface area contributed by atoms with Crippen LogP contribution < -0.4 is 4.90 Å². The largest absolute Gasteiger partial charge is 0.373 e. The summed E-state index contributed by atoms with van der Waals surface area (Å²) in [5.74, 6) is 0.925. The Kier molecular flexibility index (Phi) is 4.39. The molecule has 2 aromatic rings. The second kappa shape index (κ2) is 6.69. The Labute approximate surface area is 148 Å². The molecule has 2 aromatic heterocycles. The van der Waals surface area contributed by atoms with Crippen LogP contribution in [-0.4, -0.2) is 46.6 Å². The van der Waals surface area contributed by atoms with Gasteiger partial charge in [0.2, 0.25) is 0 Å². The zero-order valence-electron chi connectivity index (χ0n) is 14.8. The van der Waals surface area contributed by atoms with Gasteiger partial charge in [-0.15, -0.1) is 5.10 Å². The highest BCUT2D eigenvalue weighted by molar-refractivity contribution is 5.43. The molecule has 2 aliphatic heterocycles. The molecule has 2 fully saturated rings. The topological polar surface area (TPSA) is 60.4 Å². The van der Waals surface area contributed by atoms with Crippen LogP contribution in [0.5, 0.6) is 0 Å². The zero-order valence-corrected chi connectivity index (χ0v) is 14.8. The van der Waals surface area contributed by atoms with Crippen LogP contribution in [-0.2, 0) is 16.1 Å². The van der Waals surface area contributed by atoms with Gasteiger partial charge in [0.05, 0.1) is 31.5 Å². The van der Waals surface area contributed by atoms with E-state index in [1.165, 1.54) is 5.56 Å². The number of hydrogen-bond donors (Lipinski definition) is 0. The molecule has 2 saturated heterocycles. The van der Waals surface area contributed by atoms with Gasteiger partial charge < -0.3 is 14.4 Å². The van der Waals surface area contributed by atoms with E-state index in [0.717, 1.165) is 49.6 Å². The SMILES string of the molecule is Cc1cncc(CO[C@H]2CCOC3(C2)CN(c2ccc(C)nn2)C3)c1. The maximum Gasteiger partial charge on any atom is 0.151 e. The van der Waals surface area contributed by atoms with Gasteiger partial charge in [-0.2, -0.15) is 5.10 Å². The van der Waals surface area contributed by atoms with E-state index in [9.17, 15) is 0 Å². The third-order valence-electron chi connectivity index (χ3n) is 4.93. The minimum atomic E-state index is -0.0969. The summed E-state index contributed by atoms with van der Waals surface area (Å²) < 4.78 is 12.2. The molecule has 132 valence electrons. The van der Waals surface area contributed by atoms with Crippen molar-refractivity contribution in [1.82, 2.24) is 15.2 Å². The minimum absolute atomic E-state index is 0.0969. The molecule has 0 aliphatic carbocycles. The molecule has 2 aliphatic rings. The number of rotatable bonds is 4. The number of ether oxygens (including phenoxy) is 2. The van der Waals surface area contributed by atoms with Crippen molar-refractivity contribution in [2.24, 2.45) is 0 Å². The number of nitrogens with zero attached hydrogens (tertiary/aromatic N) is 4.